The standard InChI is InChI=1S/C17H20F2N2O12P2/c18-10-2-1-9(11(19)7-10)3-5-20-13(22)4-6-21(17(20)25)16-15(24)14(23)12(32-16)8-31-35(29,30)33-34(26,27)28/h1-2,4,6-7,12,14-16,23-24H,3,5,8H2,(H,29,30)(H2,26,27,28)/t12-,14+,15?,16-/m1/s1. The van der Waals surface area contributed by atoms with Gasteiger partial charge in [0.05, 0.1) is 6.61 Å². The number of benzene rings is 1. The third kappa shape index (κ3) is 6.77. The number of aryl methyl sites for hydroxylation is 1. The molecule has 0 amide bonds. The molecule has 1 aliphatic rings. The molecule has 2 heterocycles. The Bertz CT molecular complexity index is 1290. The van der Waals surface area contributed by atoms with Crippen LogP contribution in [-0.2, 0) is 35.7 Å². The first-order chi connectivity index (χ1) is 16.2. The Morgan fingerprint density at radius 1 is 1.06 bits per heavy atom. The number of ether oxygens (including phenoxy) is 1. The van der Waals surface area contributed by atoms with Crippen LogP contribution < -0.4 is 11.2 Å². The number of hydrogen-bond acceptors (Lipinski definition) is 9. The zero-order valence-electron chi connectivity index (χ0n) is 17.5. The van der Waals surface area contributed by atoms with Gasteiger partial charge in [-0.05, 0) is 18.1 Å². The molecule has 0 bridgehead atoms. The number of phosphoric acid groups is 2. The molecule has 1 aliphatic heterocycles. The molecule has 1 aromatic carbocycles. The molecule has 5 atom stereocenters. The highest BCUT2D eigenvalue weighted by Crippen LogP contribution is 2.57. The molecule has 0 spiro atoms. The maximum absolute atomic E-state index is 13.9. The van der Waals surface area contributed by atoms with Gasteiger partial charge in [-0.2, -0.15) is 4.31 Å². The maximum Gasteiger partial charge on any atom is 0.481 e. The van der Waals surface area contributed by atoms with Crippen LogP contribution in [0.1, 0.15) is 11.8 Å². The van der Waals surface area contributed by atoms with Crippen molar-refractivity contribution in [3.05, 3.63) is 68.5 Å². The van der Waals surface area contributed by atoms with E-state index in [4.69, 9.17) is 14.5 Å². The van der Waals surface area contributed by atoms with E-state index in [2.05, 4.69) is 8.83 Å². The fraction of sp³-hybridized carbons (Fsp3) is 0.412. The summed E-state index contributed by atoms with van der Waals surface area (Å²) in [6, 6.07) is 3.74. The Balaban J connectivity index is 1.77. The molecule has 194 valence electrons. The molecule has 0 radical (unpaired) electrons. The number of nitrogens with zero attached hydrogens (tertiary/aromatic N) is 2. The van der Waals surface area contributed by atoms with Crippen LogP contribution in [0.5, 0.6) is 0 Å². The van der Waals surface area contributed by atoms with Crippen molar-refractivity contribution in [2.45, 2.75) is 37.5 Å². The van der Waals surface area contributed by atoms with E-state index in [1.54, 1.807) is 0 Å². The Kier molecular flexibility index (Phi) is 8.23. The van der Waals surface area contributed by atoms with Crippen LogP contribution in [-0.4, -0.2) is 58.9 Å². The molecule has 1 fully saturated rings. The highest BCUT2D eigenvalue weighted by Gasteiger charge is 2.46. The van der Waals surface area contributed by atoms with Crippen molar-refractivity contribution in [2.75, 3.05) is 6.61 Å². The van der Waals surface area contributed by atoms with Crippen LogP contribution in [0.2, 0.25) is 0 Å². The molecule has 3 rings (SSSR count). The zero-order chi connectivity index (χ0) is 26.1. The smallest absolute Gasteiger partial charge is 0.387 e. The molecule has 14 nitrogen and oxygen atoms in total. The summed E-state index contributed by atoms with van der Waals surface area (Å²) >= 11 is 0. The Morgan fingerprint density at radius 3 is 2.37 bits per heavy atom. The second kappa shape index (κ2) is 10.5. The van der Waals surface area contributed by atoms with Crippen molar-refractivity contribution in [3.8, 4) is 0 Å². The fourth-order valence-corrected chi connectivity index (χ4v) is 4.91. The van der Waals surface area contributed by atoms with Crippen LogP contribution >= 0.6 is 15.6 Å². The molecule has 2 aromatic rings. The van der Waals surface area contributed by atoms with Gasteiger partial charge in [-0.3, -0.25) is 18.5 Å². The van der Waals surface area contributed by atoms with Gasteiger partial charge in [0.1, 0.15) is 29.9 Å². The molecule has 18 heteroatoms. The van der Waals surface area contributed by atoms with Crippen molar-refractivity contribution < 1.29 is 56.4 Å². The van der Waals surface area contributed by atoms with Crippen LogP contribution in [0.15, 0.2) is 40.1 Å². The summed E-state index contributed by atoms with van der Waals surface area (Å²) in [6.45, 7) is -1.31. The van der Waals surface area contributed by atoms with Gasteiger partial charge in [-0.1, -0.05) is 6.07 Å². The van der Waals surface area contributed by atoms with Crippen molar-refractivity contribution in [3.63, 3.8) is 0 Å². The maximum atomic E-state index is 13.9. The van der Waals surface area contributed by atoms with Crippen molar-refractivity contribution in [2.24, 2.45) is 0 Å². The number of phosphoric ester groups is 1. The van der Waals surface area contributed by atoms with Gasteiger partial charge >= 0.3 is 21.3 Å². The first-order valence-corrected chi connectivity index (χ1v) is 12.7. The molecular weight excluding hydrogens is 524 g/mol. The lowest BCUT2D eigenvalue weighted by atomic mass is 10.1. The zero-order valence-corrected chi connectivity index (χ0v) is 19.2. The predicted molar refractivity (Wildman–Crippen MR) is 110 cm³/mol. The minimum atomic E-state index is -5.40. The molecule has 1 aromatic heterocycles. The van der Waals surface area contributed by atoms with Gasteiger partial charge in [0.15, 0.2) is 6.23 Å². The van der Waals surface area contributed by atoms with E-state index in [-0.39, 0.29) is 18.5 Å². The number of aliphatic hydroxyl groups is 2. The highest BCUT2D eigenvalue weighted by atomic mass is 31.3. The molecule has 2 unspecified atom stereocenters. The summed E-state index contributed by atoms with van der Waals surface area (Å²) < 4.78 is 63.9. The molecule has 35 heavy (non-hydrogen) atoms. The van der Waals surface area contributed by atoms with Crippen molar-refractivity contribution in [1.82, 2.24) is 9.13 Å². The predicted octanol–water partition coefficient (Wildman–Crippen LogP) is -0.624. The Hall–Kier alpha value is -2.10. The minimum absolute atomic E-state index is 0.0313. The average Bonchev–Trinajstić information content (AvgIpc) is 3.00. The third-order valence-electron chi connectivity index (χ3n) is 4.94. The Morgan fingerprint density at radius 2 is 1.74 bits per heavy atom. The van der Waals surface area contributed by atoms with E-state index in [1.165, 1.54) is 0 Å². The summed E-state index contributed by atoms with van der Waals surface area (Å²) in [5, 5.41) is 20.5. The fourth-order valence-electron chi connectivity index (χ4n) is 3.31. The molecular formula is C17H20F2N2O12P2. The van der Waals surface area contributed by atoms with Gasteiger partial charge in [0.25, 0.3) is 5.56 Å². The number of aliphatic hydroxyl groups excluding tert-OH is 2. The summed E-state index contributed by atoms with van der Waals surface area (Å²) in [7, 11) is -10.7. The average molecular weight is 544 g/mol. The molecule has 5 N–H and O–H groups in total. The van der Waals surface area contributed by atoms with Gasteiger partial charge in [0.2, 0.25) is 0 Å². The summed E-state index contributed by atoms with van der Waals surface area (Å²) in [5.74, 6) is -1.68. The number of hydrogen-bond donors (Lipinski definition) is 5. The topological polar surface area (TPSA) is 207 Å². The van der Waals surface area contributed by atoms with Gasteiger partial charge in [-0.15, -0.1) is 0 Å². The largest absolute Gasteiger partial charge is 0.481 e. The molecule has 0 saturated carbocycles. The van der Waals surface area contributed by atoms with E-state index in [9.17, 15) is 42.6 Å². The van der Waals surface area contributed by atoms with Crippen molar-refractivity contribution in [1.29, 1.82) is 0 Å². The van der Waals surface area contributed by atoms with Crippen molar-refractivity contribution >= 4 is 15.6 Å². The van der Waals surface area contributed by atoms with E-state index in [0.717, 1.165) is 29.0 Å². The van der Waals surface area contributed by atoms with Crippen LogP contribution in [0.4, 0.5) is 8.78 Å². The van der Waals surface area contributed by atoms with Gasteiger partial charge in [0, 0.05) is 24.9 Å². The lowest BCUT2D eigenvalue weighted by Crippen LogP contribution is -2.43. The normalized spacial score (nSPS) is 24.4. The first kappa shape index (κ1) is 27.5. The third-order valence-corrected chi connectivity index (χ3v) is 7.09. The number of halogens is 2. The molecule has 0 aliphatic carbocycles. The SMILES string of the molecule is O=c1ccn([C@@H]2O[C@H](COP(=O)(O)OP(=O)(O)O)[C@H](O)C2O)c(=O)n1CCc1ccc(F)cc1F. The lowest BCUT2D eigenvalue weighted by Gasteiger charge is -2.19. The number of aromatic nitrogens is 2. The van der Waals surface area contributed by atoms with E-state index >= 15 is 0 Å². The summed E-state index contributed by atoms with van der Waals surface area (Å²) in [5.41, 5.74) is -1.77. The van der Waals surface area contributed by atoms with Gasteiger partial charge < -0.3 is 29.6 Å². The van der Waals surface area contributed by atoms with Crippen LogP contribution in [0, 0.1) is 11.6 Å². The van der Waals surface area contributed by atoms with Crippen LogP contribution in [0.25, 0.3) is 0 Å². The summed E-state index contributed by atoms with van der Waals surface area (Å²) in [6.07, 6.45) is -5.97. The first-order valence-electron chi connectivity index (χ1n) is 9.70. The highest BCUT2D eigenvalue weighted by molar-refractivity contribution is 7.60. The number of rotatable bonds is 9. The summed E-state index contributed by atoms with van der Waals surface area (Å²) in [4.78, 5) is 51.6. The molecule has 1 saturated heterocycles. The van der Waals surface area contributed by atoms with E-state index in [1.807, 2.05) is 0 Å². The van der Waals surface area contributed by atoms with E-state index in [0.29, 0.717) is 10.6 Å². The second-order valence-electron chi connectivity index (χ2n) is 7.36. The van der Waals surface area contributed by atoms with Gasteiger partial charge in [-0.25, -0.2) is 22.7 Å². The Labute approximate surface area is 194 Å². The monoisotopic (exact) mass is 544 g/mol. The quantitative estimate of drug-likeness (QED) is 0.250. The second-order valence-corrected chi connectivity index (χ2v) is 10.2. The minimum Gasteiger partial charge on any atom is -0.387 e. The van der Waals surface area contributed by atoms with Crippen LogP contribution in [0.3, 0.4) is 0 Å². The lowest BCUT2D eigenvalue weighted by molar-refractivity contribution is -0.0548. The van der Waals surface area contributed by atoms with E-state index < -0.39 is 69.7 Å².